The van der Waals surface area contributed by atoms with Gasteiger partial charge in [-0.05, 0) is 82.3 Å². The molecule has 1 aromatic carbocycles. The smallest absolute Gasteiger partial charge is 0.272 e. The molecule has 2 unspecified atom stereocenters. The number of nitriles is 1. The molecule has 3 aliphatic rings. The Morgan fingerprint density at radius 1 is 1.24 bits per heavy atom. The number of amides is 1. The van der Waals surface area contributed by atoms with Crippen LogP contribution in [0.1, 0.15) is 56.6 Å². The topological polar surface area (TPSA) is 104 Å². The molecule has 0 saturated carbocycles. The van der Waals surface area contributed by atoms with Gasteiger partial charge in [-0.2, -0.15) is 5.26 Å². The Hall–Kier alpha value is -2.80. The first-order chi connectivity index (χ1) is 18.3. The Labute approximate surface area is 225 Å². The van der Waals surface area contributed by atoms with Crippen molar-refractivity contribution in [2.45, 2.75) is 57.2 Å². The Bertz CT molecular complexity index is 1070. The van der Waals surface area contributed by atoms with Gasteiger partial charge in [0.2, 0.25) is 0 Å². The Kier molecular flexibility index (Phi) is 9.53. The number of alkyl halides is 1. The maximum atomic E-state index is 13.9. The summed E-state index contributed by atoms with van der Waals surface area (Å²) in [6, 6.07) is 8.00. The molecule has 2 N–H and O–H groups in total. The van der Waals surface area contributed by atoms with Crippen molar-refractivity contribution in [3.63, 3.8) is 0 Å². The van der Waals surface area contributed by atoms with E-state index in [0.29, 0.717) is 55.8 Å². The van der Waals surface area contributed by atoms with Crippen LogP contribution in [0.4, 0.5) is 4.39 Å². The fourth-order valence-electron chi connectivity index (χ4n) is 5.54. The summed E-state index contributed by atoms with van der Waals surface area (Å²) in [5.41, 5.74) is 6.19. The van der Waals surface area contributed by atoms with Gasteiger partial charge in [0.25, 0.3) is 5.91 Å². The molecule has 4 rings (SSSR count). The van der Waals surface area contributed by atoms with Crippen molar-refractivity contribution < 1.29 is 18.7 Å². The van der Waals surface area contributed by atoms with Crippen LogP contribution < -0.4 is 10.5 Å². The summed E-state index contributed by atoms with van der Waals surface area (Å²) in [5, 5.41) is 9.76. The molecule has 2 saturated heterocycles. The number of dihydropyridines is 1. The molecular formula is C29H40FN5O3. The molecule has 2 atom stereocenters. The Morgan fingerprint density at radius 2 is 2.03 bits per heavy atom. The van der Waals surface area contributed by atoms with Gasteiger partial charge in [0.1, 0.15) is 23.2 Å². The first-order valence-electron chi connectivity index (χ1n) is 13.7. The normalized spacial score (nSPS) is 22.8. The van der Waals surface area contributed by atoms with Gasteiger partial charge >= 0.3 is 0 Å². The van der Waals surface area contributed by atoms with Crippen LogP contribution in [0.15, 0.2) is 35.3 Å². The molecule has 3 heterocycles. The van der Waals surface area contributed by atoms with Gasteiger partial charge in [0.05, 0.1) is 38.1 Å². The third-order valence-corrected chi connectivity index (χ3v) is 7.56. The van der Waals surface area contributed by atoms with Crippen molar-refractivity contribution in [1.82, 2.24) is 9.80 Å². The highest BCUT2D eigenvalue weighted by atomic mass is 19.1. The summed E-state index contributed by atoms with van der Waals surface area (Å²) in [7, 11) is 0. The summed E-state index contributed by atoms with van der Waals surface area (Å²) in [6.07, 6.45) is 7.56. The van der Waals surface area contributed by atoms with E-state index in [0.717, 1.165) is 44.3 Å². The van der Waals surface area contributed by atoms with Crippen LogP contribution in [0.2, 0.25) is 0 Å². The van der Waals surface area contributed by atoms with Crippen molar-refractivity contribution in [3.05, 3.63) is 41.5 Å². The van der Waals surface area contributed by atoms with Gasteiger partial charge in [0.15, 0.2) is 0 Å². The Balaban J connectivity index is 1.30. The summed E-state index contributed by atoms with van der Waals surface area (Å²) in [5.74, 6) is 0.904. The van der Waals surface area contributed by atoms with Gasteiger partial charge in [0, 0.05) is 19.0 Å². The number of aliphatic imine (C=N–C) groups is 1. The molecule has 0 radical (unpaired) electrons. The lowest BCUT2D eigenvalue weighted by molar-refractivity contribution is -0.125. The van der Waals surface area contributed by atoms with Crippen LogP contribution in [-0.2, 0) is 9.53 Å². The van der Waals surface area contributed by atoms with E-state index >= 15 is 0 Å². The minimum absolute atomic E-state index is 0.00766. The number of piperidine rings is 1. The van der Waals surface area contributed by atoms with Gasteiger partial charge in [-0.1, -0.05) is 12.1 Å². The summed E-state index contributed by atoms with van der Waals surface area (Å²) in [6.45, 7) is 7.73. The van der Waals surface area contributed by atoms with Crippen LogP contribution in [0.3, 0.4) is 0 Å². The quantitative estimate of drug-likeness (QED) is 0.470. The van der Waals surface area contributed by atoms with Crippen molar-refractivity contribution in [2.75, 3.05) is 52.7 Å². The highest BCUT2D eigenvalue weighted by Crippen LogP contribution is 2.29. The van der Waals surface area contributed by atoms with E-state index in [2.05, 4.69) is 16.0 Å². The van der Waals surface area contributed by atoms with E-state index in [9.17, 15) is 14.4 Å². The molecule has 206 valence electrons. The average molecular weight is 526 g/mol. The fraction of sp³-hybridized carbons (Fsp3) is 0.621. The van der Waals surface area contributed by atoms with E-state index in [4.69, 9.17) is 15.2 Å². The van der Waals surface area contributed by atoms with Crippen LogP contribution in [0.5, 0.6) is 5.75 Å². The minimum atomic E-state index is -1.18. The van der Waals surface area contributed by atoms with Crippen LogP contribution in [0.25, 0.3) is 0 Å². The molecule has 0 aliphatic carbocycles. The number of nitrogens with zero attached hydrogens (tertiary/aromatic N) is 4. The molecular weight excluding hydrogens is 485 g/mol. The molecule has 38 heavy (non-hydrogen) atoms. The van der Waals surface area contributed by atoms with Crippen molar-refractivity contribution in [1.29, 1.82) is 5.26 Å². The SMILES string of the molecule is CC(C)(F)CN1CCC(COc2ccc(C3C=CC(C(=O)N4CCCC4COCN)=NC3)cc2C#N)CC1. The number of ether oxygens (including phenoxy) is 2. The monoisotopic (exact) mass is 525 g/mol. The lowest BCUT2D eigenvalue weighted by Gasteiger charge is -2.34. The van der Waals surface area contributed by atoms with Gasteiger partial charge in [-0.25, -0.2) is 4.39 Å². The minimum Gasteiger partial charge on any atom is -0.492 e. The maximum absolute atomic E-state index is 13.9. The van der Waals surface area contributed by atoms with Gasteiger partial charge in [-0.15, -0.1) is 0 Å². The zero-order valence-corrected chi connectivity index (χ0v) is 22.6. The van der Waals surface area contributed by atoms with Crippen molar-refractivity contribution >= 4 is 11.6 Å². The van der Waals surface area contributed by atoms with E-state index in [-0.39, 0.29) is 24.6 Å². The number of halogens is 1. The molecule has 3 aliphatic heterocycles. The van der Waals surface area contributed by atoms with Crippen molar-refractivity contribution in [3.8, 4) is 11.8 Å². The highest BCUT2D eigenvalue weighted by Gasteiger charge is 2.31. The van der Waals surface area contributed by atoms with Gasteiger partial charge < -0.3 is 25.0 Å². The third kappa shape index (κ3) is 7.40. The van der Waals surface area contributed by atoms with E-state index in [1.807, 2.05) is 29.2 Å². The second kappa shape index (κ2) is 12.8. The van der Waals surface area contributed by atoms with Crippen LogP contribution in [-0.4, -0.2) is 85.8 Å². The number of likely N-dealkylation sites (tertiary alicyclic amines) is 2. The molecule has 0 spiro atoms. The first-order valence-corrected chi connectivity index (χ1v) is 13.7. The molecule has 1 amide bonds. The first kappa shape index (κ1) is 28.2. The van der Waals surface area contributed by atoms with Crippen LogP contribution >= 0.6 is 0 Å². The largest absolute Gasteiger partial charge is 0.492 e. The molecule has 0 aromatic heterocycles. The lowest BCUT2D eigenvalue weighted by atomic mass is 9.94. The third-order valence-electron chi connectivity index (χ3n) is 7.56. The standard InChI is InChI=1S/C29H40FN5O3/c1-29(2,30)19-34-12-9-21(10-13-34)17-38-27-8-6-22(14-24(27)15-31)23-5-7-26(33-16-23)28(36)35-11-3-4-25(35)18-37-20-32/h5-8,14,21,23,25H,3-4,9-13,16-20,32H2,1-2H3. The predicted octanol–water partition coefficient (Wildman–Crippen LogP) is 3.42. The predicted molar refractivity (Wildman–Crippen MR) is 145 cm³/mol. The summed E-state index contributed by atoms with van der Waals surface area (Å²) >= 11 is 0. The number of carbonyl (C=O) groups is 1. The fourth-order valence-corrected chi connectivity index (χ4v) is 5.54. The van der Waals surface area contributed by atoms with Gasteiger partial charge in [-0.3, -0.25) is 9.79 Å². The zero-order chi connectivity index (χ0) is 27.1. The lowest BCUT2D eigenvalue weighted by Crippen LogP contribution is -2.42. The number of hydrogen-bond acceptors (Lipinski definition) is 7. The van der Waals surface area contributed by atoms with E-state index < -0.39 is 5.67 Å². The average Bonchev–Trinajstić information content (AvgIpc) is 3.39. The molecule has 1 aromatic rings. The molecule has 9 heteroatoms. The number of carbonyl (C=O) groups excluding carboxylic acids is 1. The second-order valence-electron chi connectivity index (χ2n) is 11.1. The maximum Gasteiger partial charge on any atom is 0.272 e. The zero-order valence-electron chi connectivity index (χ0n) is 22.6. The molecule has 0 bridgehead atoms. The number of nitrogens with two attached hydrogens (primary N) is 1. The number of rotatable bonds is 10. The molecule has 8 nitrogen and oxygen atoms in total. The van der Waals surface area contributed by atoms with E-state index in [1.165, 1.54) is 0 Å². The summed E-state index contributed by atoms with van der Waals surface area (Å²) in [4.78, 5) is 21.6. The molecule has 2 fully saturated rings. The van der Waals surface area contributed by atoms with E-state index in [1.54, 1.807) is 19.9 Å². The Morgan fingerprint density at radius 3 is 2.68 bits per heavy atom. The van der Waals surface area contributed by atoms with Crippen molar-refractivity contribution in [2.24, 2.45) is 16.6 Å². The number of benzene rings is 1. The second-order valence-corrected chi connectivity index (χ2v) is 11.1. The summed E-state index contributed by atoms with van der Waals surface area (Å²) < 4.78 is 25.3. The number of hydrogen-bond donors (Lipinski definition) is 1. The highest BCUT2D eigenvalue weighted by molar-refractivity contribution is 6.43. The van der Waals surface area contributed by atoms with Crippen LogP contribution in [0, 0.1) is 17.2 Å².